The molecule has 13 heavy (non-hydrogen) atoms. The molecule has 0 fully saturated rings. The van der Waals surface area contributed by atoms with Crippen LogP contribution in [0.4, 0.5) is 0 Å². The van der Waals surface area contributed by atoms with E-state index in [0.717, 1.165) is 6.92 Å². The highest BCUT2D eigenvalue weighted by Gasteiger charge is 2.25. The third-order valence-corrected chi connectivity index (χ3v) is 1.41. The average Bonchev–Trinajstić information content (AvgIpc) is 2.02. The smallest absolute Gasteiger partial charge is 0.372 e. The molecule has 0 rings (SSSR count). The van der Waals surface area contributed by atoms with E-state index >= 15 is 0 Å². The first-order valence-corrected chi connectivity index (χ1v) is 3.49. The SMILES string of the molecule is CC(=O)C(O)C(O)CC(=O)C(=O)O. The molecule has 0 aliphatic carbocycles. The fourth-order valence-electron chi connectivity index (χ4n) is 0.660. The van der Waals surface area contributed by atoms with Crippen molar-refractivity contribution in [3.63, 3.8) is 0 Å². The normalized spacial score (nSPS) is 14.7. The predicted molar refractivity (Wildman–Crippen MR) is 40.0 cm³/mol. The molecule has 0 aliphatic heterocycles. The van der Waals surface area contributed by atoms with E-state index in [1.165, 1.54) is 0 Å². The number of rotatable bonds is 5. The number of aliphatic hydroxyl groups is 2. The van der Waals surface area contributed by atoms with E-state index in [-0.39, 0.29) is 0 Å². The van der Waals surface area contributed by atoms with Gasteiger partial charge in [0.15, 0.2) is 5.78 Å². The Balaban J connectivity index is 4.15. The van der Waals surface area contributed by atoms with Crippen molar-refractivity contribution in [1.29, 1.82) is 0 Å². The van der Waals surface area contributed by atoms with Gasteiger partial charge in [-0.05, 0) is 6.92 Å². The van der Waals surface area contributed by atoms with E-state index in [1.54, 1.807) is 0 Å². The van der Waals surface area contributed by atoms with E-state index in [1.807, 2.05) is 0 Å². The van der Waals surface area contributed by atoms with Crippen LogP contribution in [0.1, 0.15) is 13.3 Å². The number of carboxylic acids is 1. The largest absolute Gasteiger partial charge is 0.475 e. The number of carboxylic acid groups (broad SMARTS) is 1. The molecule has 6 nitrogen and oxygen atoms in total. The molecule has 0 aliphatic rings. The molecule has 3 N–H and O–H groups in total. The van der Waals surface area contributed by atoms with Crippen molar-refractivity contribution in [3.05, 3.63) is 0 Å². The number of hydrogen-bond acceptors (Lipinski definition) is 5. The van der Waals surface area contributed by atoms with Crippen LogP contribution < -0.4 is 0 Å². The lowest BCUT2D eigenvalue weighted by Gasteiger charge is -2.12. The second-order valence-electron chi connectivity index (χ2n) is 2.56. The zero-order valence-corrected chi connectivity index (χ0v) is 6.93. The van der Waals surface area contributed by atoms with Crippen LogP contribution in [-0.2, 0) is 14.4 Å². The molecule has 0 aromatic rings. The third kappa shape index (κ3) is 3.77. The van der Waals surface area contributed by atoms with Crippen molar-refractivity contribution >= 4 is 17.5 Å². The maximum atomic E-state index is 10.5. The summed E-state index contributed by atoms with van der Waals surface area (Å²) >= 11 is 0. The summed E-state index contributed by atoms with van der Waals surface area (Å²) in [4.78, 5) is 31.0. The summed E-state index contributed by atoms with van der Waals surface area (Å²) in [7, 11) is 0. The van der Waals surface area contributed by atoms with Gasteiger partial charge in [0, 0.05) is 6.42 Å². The van der Waals surface area contributed by atoms with Crippen LogP contribution in [0.25, 0.3) is 0 Å². The van der Waals surface area contributed by atoms with Crippen molar-refractivity contribution in [1.82, 2.24) is 0 Å². The molecule has 0 amide bonds. The fraction of sp³-hybridized carbons (Fsp3) is 0.571. The van der Waals surface area contributed by atoms with Crippen molar-refractivity contribution in [2.75, 3.05) is 0 Å². The zero-order chi connectivity index (χ0) is 10.6. The molecule has 6 heteroatoms. The highest BCUT2D eigenvalue weighted by Crippen LogP contribution is 2.01. The van der Waals surface area contributed by atoms with Crippen LogP contribution in [0.5, 0.6) is 0 Å². The summed E-state index contributed by atoms with van der Waals surface area (Å²) in [5.74, 6) is -3.66. The first-order valence-electron chi connectivity index (χ1n) is 3.49. The molecular weight excluding hydrogens is 180 g/mol. The standard InChI is InChI=1S/C7H10O6/c1-3(8)6(11)4(9)2-5(10)7(12)13/h4,6,9,11H,2H2,1H3,(H,12,13). The minimum atomic E-state index is -1.71. The Morgan fingerprint density at radius 3 is 2.00 bits per heavy atom. The number of Topliss-reactive ketones (excluding diaryl/α,β-unsaturated/α-hetero) is 2. The highest BCUT2D eigenvalue weighted by atomic mass is 16.4. The maximum Gasteiger partial charge on any atom is 0.372 e. The first-order chi connectivity index (χ1) is 5.86. The quantitative estimate of drug-likeness (QED) is 0.447. The van der Waals surface area contributed by atoms with Gasteiger partial charge in [0.25, 0.3) is 0 Å². The van der Waals surface area contributed by atoms with E-state index in [0.29, 0.717) is 0 Å². The summed E-state index contributed by atoms with van der Waals surface area (Å²) in [6, 6.07) is 0. The molecule has 0 spiro atoms. The minimum absolute atomic E-state index is 0.717. The van der Waals surface area contributed by atoms with Gasteiger partial charge in [0.05, 0.1) is 6.10 Å². The van der Waals surface area contributed by atoms with Gasteiger partial charge in [-0.25, -0.2) is 4.79 Å². The van der Waals surface area contributed by atoms with Crippen molar-refractivity contribution < 1.29 is 29.7 Å². The summed E-state index contributed by atoms with van der Waals surface area (Å²) in [6.07, 6.45) is -4.12. The van der Waals surface area contributed by atoms with E-state index in [9.17, 15) is 14.4 Å². The monoisotopic (exact) mass is 190 g/mol. The second-order valence-corrected chi connectivity index (χ2v) is 2.56. The van der Waals surface area contributed by atoms with Gasteiger partial charge >= 0.3 is 5.97 Å². The van der Waals surface area contributed by atoms with Crippen LogP contribution in [0.15, 0.2) is 0 Å². The maximum absolute atomic E-state index is 10.5. The summed E-state index contributed by atoms with van der Waals surface area (Å²) in [5.41, 5.74) is 0. The van der Waals surface area contributed by atoms with Crippen molar-refractivity contribution in [2.45, 2.75) is 25.6 Å². The lowest BCUT2D eigenvalue weighted by atomic mass is 10.1. The van der Waals surface area contributed by atoms with Gasteiger partial charge < -0.3 is 15.3 Å². The number of hydrogen-bond donors (Lipinski definition) is 3. The molecule has 0 heterocycles. The van der Waals surface area contributed by atoms with Gasteiger partial charge in [-0.2, -0.15) is 0 Å². The van der Waals surface area contributed by atoms with Crippen LogP contribution in [0, 0.1) is 0 Å². The van der Waals surface area contributed by atoms with Crippen LogP contribution in [0.2, 0.25) is 0 Å². The number of aliphatic hydroxyl groups excluding tert-OH is 2. The summed E-state index contributed by atoms with van der Waals surface area (Å²) in [6.45, 7) is 1.03. The number of ketones is 2. The third-order valence-electron chi connectivity index (χ3n) is 1.41. The molecule has 74 valence electrons. The van der Waals surface area contributed by atoms with E-state index in [4.69, 9.17) is 15.3 Å². The molecule has 0 bridgehead atoms. The van der Waals surface area contributed by atoms with E-state index in [2.05, 4.69) is 0 Å². The minimum Gasteiger partial charge on any atom is -0.475 e. The van der Waals surface area contributed by atoms with Gasteiger partial charge in [0.2, 0.25) is 5.78 Å². The Bertz CT molecular complexity index is 233. The summed E-state index contributed by atoms with van der Waals surface area (Å²) in [5, 5.41) is 26.0. The zero-order valence-electron chi connectivity index (χ0n) is 6.93. The molecule has 0 saturated heterocycles. The molecule has 0 aromatic carbocycles. The van der Waals surface area contributed by atoms with Crippen molar-refractivity contribution in [2.24, 2.45) is 0 Å². The first kappa shape index (κ1) is 11.7. The Morgan fingerprint density at radius 2 is 1.69 bits per heavy atom. The van der Waals surface area contributed by atoms with Gasteiger partial charge in [0.1, 0.15) is 6.10 Å². The van der Waals surface area contributed by atoms with Crippen LogP contribution in [-0.4, -0.2) is 45.1 Å². The highest BCUT2D eigenvalue weighted by molar-refractivity contribution is 6.32. The summed E-state index contributed by atoms with van der Waals surface area (Å²) < 4.78 is 0. The molecule has 0 saturated carbocycles. The number of carbonyl (C=O) groups is 3. The molecule has 0 aromatic heterocycles. The van der Waals surface area contributed by atoms with Crippen LogP contribution in [0.3, 0.4) is 0 Å². The Labute approximate surface area is 73.8 Å². The van der Waals surface area contributed by atoms with Gasteiger partial charge in [-0.3, -0.25) is 9.59 Å². The second kappa shape index (κ2) is 4.68. The van der Waals surface area contributed by atoms with E-state index < -0.39 is 36.2 Å². The predicted octanol–water partition coefficient (Wildman–Crippen LogP) is -1.66. The Morgan fingerprint density at radius 1 is 1.23 bits per heavy atom. The number of carbonyl (C=O) groups excluding carboxylic acids is 2. The Hall–Kier alpha value is -1.27. The molecule has 2 atom stereocenters. The molecule has 2 unspecified atom stereocenters. The number of aliphatic carboxylic acids is 1. The average molecular weight is 190 g/mol. The van der Waals surface area contributed by atoms with Gasteiger partial charge in [-0.1, -0.05) is 0 Å². The molecule has 0 radical (unpaired) electrons. The van der Waals surface area contributed by atoms with Gasteiger partial charge in [-0.15, -0.1) is 0 Å². The molecular formula is C7H10O6. The van der Waals surface area contributed by atoms with Crippen molar-refractivity contribution in [3.8, 4) is 0 Å². The van der Waals surface area contributed by atoms with Crippen LogP contribution >= 0.6 is 0 Å². The fourth-order valence-corrected chi connectivity index (χ4v) is 0.660. The lowest BCUT2D eigenvalue weighted by Crippen LogP contribution is -2.35. The lowest BCUT2D eigenvalue weighted by molar-refractivity contribution is -0.151. The Kier molecular flexibility index (Phi) is 4.22. The topological polar surface area (TPSA) is 112 Å².